The van der Waals surface area contributed by atoms with Gasteiger partial charge in [0.05, 0.1) is 24.6 Å². The van der Waals surface area contributed by atoms with Crippen molar-refractivity contribution < 1.29 is 18.3 Å². The molecule has 1 aliphatic heterocycles. The van der Waals surface area contributed by atoms with Crippen LogP contribution >= 0.6 is 11.6 Å². The Hall–Kier alpha value is -3.46. The second-order valence-electron chi connectivity index (χ2n) is 11.9. The van der Waals surface area contributed by atoms with Gasteiger partial charge < -0.3 is 24.1 Å². The number of fused-ring (bicyclic) bond motifs is 1. The summed E-state index contributed by atoms with van der Waals surface area (Å²) in [6, 6.07) is 10.7. The van der Waals surface area contributed by atoms with Gasteiger partial charge in [0, 0.05) is 34.8 Å². The molecule has 0 spiro atoms. The van der Waals surface area contributed by atoms with Gasteiger partial charge in [0.1, 0.15) is 23.7 Å². The average Bonchev–Trinajstić information content (AvgIpc) is 3.19. The van der Waals surface area contributed by atoms with Gasteiger partial charge >= 0.3 is 7.41 Å². The molecule has 0 saturated heterocycles. The van der Waals surface area contributed by atoms with Crippen LogP contribution in [0.5, 0.6) is 5.75 Å². The molecule has 0 fully saturated rings. The van der Waals surface area contributed by atoms with E-state index in [9.17, 15) is 10.1 Å². The van der Waals surface area contributed by atoms with E-state index in [2.05, 4.69) is 55.2 Å². The van der Waals surface area contributed by atoms with Gasteiger partial charge in [-0.3, -0.25) is 0 Å². The fraction of sp³-hybridized carbons (Fsp3) is 0.379. The first-order valence-electron chi connectivity index (χ1n) is 13.1. The summed E-state index contributed by atoms with van der Waals surface area (Å²) in [5, 5.41) is 13.6. The number of anilines is 3. The van der Waals surface area contributed by atoms with Crippen molar-refractivity contribution in [3.63, 3.8) is 0 Å². The van der Waals surface area contributed by atoms with Crippen molar-refractivity contribution in [2.75, 3.05) is 30.4 Å². The van der Waals surface area contributed by atoms with E-state index < -0.39 is 19.5 Å². The zero-order chi connectivity index (χ0) is 30.2. The monoisotopic (exact) mass is 592 g/mol. The second-order valence-corrected chi connectivity index (χ2v) is 17.2. The van der Waals surface area contributed by atoms with Crippen LogP contribution in [0.25, 0.3) is 11.3 Å². The number of hydrogen-bond donors (Lipinski definition) is 1. The zero-order valence-electron chi connectivity index (χ0n) is 24.3. The van der Waals surface area contributed by atoms with E-state index in [1.54, 1.807) is 29.1 Å². The summed E-state index contributed by atoms with van der Waals surface area (Å²) in [6.45, 7) is 13.7. The van der Waals surface area contributed by atoms with Gasteiger partial charge in [0.15, 0.2) is 14.1 Å². The molecule has 41 heavy (non-hydrogen) atoms. The Morgan fingerprint density at radius 2 is 2.05 bits per heavy atom. The number of nitrogens with zero attached hydrogens (tertiary/aromatic N) is 4. The Morgan fingerprint density at radius 1 is 1.32 bits per heavy atom. The molecule has 3 aromatic rings. The summed E-state index contributed by atoms with van der Waals surface area (Å²) >= 11 is 6.16. The Morgan fingerprint density at radius 3 is 2.68 bits per heavy atom. The number of carbonyl (C=O) groups is 1. The molecule has 2 aromatic carbocycles. The summed E-state index contributed by atoms with van der Waals surface area (Å²) in [6.07, 6.45) is 1.78. The highest BCUT2D eigenvalue weighted by molar-refractivity contribution is 6.74. The Balaban J connectivity index is 1.80. The number of carbonyl (C=O) groups excluding carboxylic acids is 1. The quantitative estimate of drug-likeness (QED) is 0.223. The standard InChI is InChI=1S/C29H33BClFN5O3Si/c1-28(2,3)41(6,7)40-16-29(4)15-37(30-17-38)26-19(13-33)10-18(11-21(26)29)25-22(32)14-34-27(36-25)35-23-12-20(31)8-9-24(23)39-5/h8-12,14,17H,15-16H2,1-7H3,(H,34,35,36). The van der Waals surface area contributed by atoms with Crippen molar-refractivity contribution in [3.8, 4) is 23.1 Å². The molecule has 2 heterocycles. The minimum atomic E-state index is -2.12. The maximum absolute atomic E-state index is 15.3. The number of aromatic nitrogens is 2. The maximum Gasteiger partial charge on any atom is 0.329 e. The Bertz CT molecular complexity index is 1530. The summed E-state index contributed by atoms with van der Waals surface area (Å²) < 4.78 is 27.3. The smallest absolute Gasteiger partial charge is 0.329 e. The summed E-state index contributed by atoms with van der Waals surface area (Å²) in [5.74, 6) is -0.0101. The first-order valence-corrected chi connectivity index (χ1v) is 16.4. The van der Waals surface area contributed by atoms with Crippen molar-refractivity contribution in [2.45, 2.75) is 51.2 Å². The van der Waals surface area contributed by atoms with Crippen LogP contribution in [0.3, 0.4) is 0 Å². The van der Waals surface area contributed by atoms with E-state index in [1.165, 1.54) is 14.5 Å². The summed E-state index contributed by atoms with van der Waals surface area (Å²) in [7, 11) is 0.826. The van der Waals surface area contributed by atoms with Gasteiger partial charge in [-0.2, -0.15) is 5.26 Å². The van der Waals surface area contributed by atoms with Gasteiger partial charge in [0.25, 0.3) is 0 Å². The fourth-order valence-corrected chi connectivity index (χ4v) is 5.86. The first kappa shape index (κ1) is 30.5. The predicted octanol–water partition coefficient (Wildman–Crippen LogP) is 6.47. The van der Waals surface area contributed by atoms with Crippen LogP contribution in [-0.4, -0.2) is 52.1 Å². The highest BCUT2D eigenvalue weighted by Crippen LogP contribution is 2.46. The van der Waals surface area contributed by atoms with E-state index in [4.69, 9.17) is 20.8 Å². The molecule has 12 heteroatoms. The topological polar surface area (TPSA) is 100 Å². The van der Waals surface area contributed by atoms with Crippen molar-refractivity contribution in [1.82, 2.24) is 9.97 Å². The molecule has 4 rings (SSSR count). The van der Waals surface area contributed by atoms with Crippen molar-refractivity contribution >= 4 is 50.8 Å². The van der Waals surface area contributed by atoms with Crippen molar-refractivity contribution in [3.05, 3.63) is 58.5 Å². The molecule has 1 aliphatic rings. The van der Waals surface area contributed by atoms with Crippen LogP contribution in [0.15, 0.2) is 36.5 Å². The van der Waals surface area contributed by atoms with Crippen LogP contribution in [0.4, 0.5) is 21.7 Å². The van der Waals surface area contributed by atoms with E-state index in [0.717, 1.165) is 11.8 Å². The number of nitrogens with one attached hydrogen (secondary N) is 1. The third-order valence-electron chi connectivity index (χ3n) is 7.91. The maximum atomic E-state index is 15.3. The van der Waals surface area contributed by atoms with Gasteiger partial charge in [-0.15, -0.1) is 0 Å². The number of ether oxygens (including phenoxy) is 1. The molecule has 8 nitrogen and oxygen atoms in total. The minimum Gasteiger partial charge on any atom is -0.495 e. The molecule has 0 bridgehead atoms. The molecule has 1 radical (unpaired) electrons. The van der Waals surface area contributed by atoms with E-state index in [1.807, 2.05) is 13.0 Å². The molecule has 1 N–H and O–H groups in total. The van der Waals surface area contributed by atoms with Gasteiger partial charge in [-0.25, -0.2) is 14.4 Å². The minimum absolute atomic E-state index is 0.00177. The second kappa shape index (κ2) is 11.4. The van der Waals surface area contributed by atoms with Crippen LogP contribution in [0.1, 0.15) is 38.8 Å². The lowest BCUT2D eigenvalue weighted by molar-refractivity contribution is 0.219. The normalized spacial score (nSPS) is 16.6. The average molecular weight is 593 g/mol. The highest BCUT2D eigenvalue weighted by atomic mass is 35.5. The molecule has 1 aromatic heterocycles. The molecule has 0 saturated carbocycles. The van der Waals surface area contributed by atoms with Crippen LogP contribution in [-0.2, 0) is 14.6 Å². The molecule has 1 atom stereocenters. The summed E-state index contributed by atoms with van der Waals surface area (Å²) in [5.41, 5.74) is 2.06. The highest BCUT2D eigenvalue weighted by Gasteiger charge is 2.44. The summed E-state index contributed by atoms with van der Waals surface area (Å²) in [4.78, 5) is 21.8. The molecule has 0 aliphatic carbocycles. The number of methoxy groups -OCH3 is 1. The number of rotatable bonds is 9. The van der Waals surface area contributed by atoms with E-state index in [0.29, 0.717) is 52.6 Å². The van der Waals surface area contributed by atoms with E-state index >= 15 is 4.39 Å². The number of halogens is 2. The Kier molecular flexibility index (Phi) is 8.50. The number of benzene rings is 2. The van der Waals surface area contributed by atoms with Crippen LogP contribution in [0.2, 0.25) is 23.2 Å². The first-order chi connectivity index (χ1) is 19.2. The number of hydrogen-bond acceptors (Lipinski definition) is 8. The molecular weight excluding hydrogens is 560 g/mol. The van der Waals surface area contributed by atoms with Crippen LogP contribution in [0, 0.1) is 17.1 Å². The van der Waals surface area contributed by atoms with Crippen LogP contribution < -0.4 is 14.9 Å². The lowest BCUT2D eigenvalue weighted by atomic mass is 9.83. The molecular formula is C29H33BClFN5O3Si. The predicted molar refractivity (Wildman–Crippen MR) is 164 cm³/mol. The van der Waals surface area contributed by atoms with Crippen molar-refractivity contribution in [2.24, 2.45) is 0 Å². The largest absolute Gasteiger partial charge is 0.495 e. The van der Waals surface area contributed by atoms with Gasteiger partial charge in [0.2, 0.25) is 5.95 Å². The Labute approximate surface area is 247 Å². The van der Waals surface area contributed by atoms with Gasteiger partial charge in [-0.05, 0) is 54.0 Å². The van der Waals surface area contributed by atoms with Crippen molar-refractivity contribution in [1.29, 1.82) is 5.26 Å². The number of nitriles is 1. The molecule has 1 unspecified atom stereocenters. The lowest BCUT2D eigenvalue weighted by Crippen LogP contribution is -2.46. The zero-order valence-corrected chi connectivity index (χ0v) is 26.1. The fourth-order valence-electron chi connectivity index (χ4n) is 4.57. The third-order valence-corrected chi connectivity index (χ3v) is 12.6. The van der Waals surface area contributed by atoms with Gasteiger partial charge in [-0.1, -0.05) is 39.3 Å². The third kappa shape index (κ3) is 6.10. The molecule has 213 valence electrons. The molecule has 0 amide bonds. The lowest BCUT2D eigenvalue weighted by Gasteiger charge is -2.39. The SMILES string of the molecule is COc1ccc(Cl)cc1Nc1ncc(F)c(-c2cc(C#N)c3c(c2)C(C)(CO[Si](C)(C)C(C)(C)C)CN3[B]C=O)n1. The van der Waals surface area contributed by atoms with E-state index in [-0.39, 0.29) is 16.7 Å².